The zero-order chi connectivity index (χ0) is 44.4. The number of hydrogen-bond acceptors (Lipinski definition) is 6. The fourth-order valence-electron chi connectivity index (χ4n) is 7.89. The van der Waals surface area contributed by atoms with Gasteiger partial charge in [0.1, 0.15) is 13.2 Å². The molecule has 0 bridgehead atoms. The average Bonchev–Trinajstić information content (AvgIpc) is 3.26. The third-order valence-electron chi connectivity index (χ3n) is 11.9. The predicted molar refractivity (Wildman–Crippen MR) is 261 cm³/mol. The fourth-order valence-corrected chi connectivity index (χ4v) is 7.89. The van der Waals surface area contributed by atoms with E-state index in [1.807, 2.05) is 0 Å². The highest BCUT2D eigenvalue weighted by molar-refractivity contribution is 5.71. The zero-order valence-electron chi connectivity index (χ0n) is 40.9. The summed E-state index contributed by atoms with van der Waals surface area (Å²) in [5, 5.41) is 0. The lowest BCUT2D eigenvalue weighted by Gasteiger charge is -2.18. The van der Waals surface area contributed by atoms with Crippen molar-refractivity contribution in [2.75, 3.05) is 13.2 Å². The molecule has 0 fully saturated rings. The minimum absolute atomic E-state index is 0.0705. The molecule has 0 N–H and O–H groups in total. The van der Waals surface area contributed by atoms with Gasteiger partial charge in [0.2, 0.25) is 0 Å². The highest BCUT2D eigenvalue weighted by atomic mass is 16.6. The van der Waals surface area contributed by atoms with Gasteiger partial charge in [-0.15, -0.1) is 0 Å². The molecule has 0 amide bonds. The largest absolute Gasteiger partial charge is 0.462 e. The van der Waals surface area contributed by atoms with Crippen molar-refractivity contribution in [3.63, 3.8) is 0 Å². The fraction of sp³-hybridized carbons (Fsp3) is 0.873. The van der Waals surface area contributed by atoms with Crippen LogP contribution in [0, 0.1) is 0 Å². The molecule has 1 atom stereocenters. The molecule has 0 aromatic rings. The number of allylic oxidation sites excluding steroid dienone is 4. The molecule has 0 aromatic carbocycles. The smallest absolute Gasteiger partial charge is 0.306 e. The third-order valence-corrected chi connectivity index (χ3v) is 11.9. The monoisotopic (exact) mass is 859 g/mol. The summed E-state index contributed by atoms with van der Waals surface area (Å²) in [4.78, 5) is 38.0. The number of rotatable bonds is 49. The van der Waals surface area contributed by atoms with E-state index in [0.29, 0.717) is 19.3 Å². The van der Waals surface area contributed by atoms with Gasteiger partial charge in [-0.1, -0.05) is 251 Å². The van der Waals surface area contributed by atoms with Crippen LogP contribution in [0.2, 0.25) is 0 Å². The van der Waals surface area contributed by atoms with E-state index in [9.17, 15) is 14.4 Å². The van der Waals surface area contributed by atoms with E-state index in [1.165, 1.54) is 167 Å². The maximum absolute atomic E-state index is 12.8. The molecule has 0 saturated heterocycles. The number of carbonyl (C=O) groups excluding carboxylic acids is 3. The number of ether oxygens (including phenoxy) is 3. The summed E-state index contributed by atoms with van der Waals surface area (Å²) in [6.07, 6.45) is 57.3. The highest BCUT2D eigenvalue weighted by Gasteiger charge is 2.19. The summed E-state index contributed by atoms with van der Waals surface area (Å²) in [5.41, 5.74) is 0. The SMILES string of the molecule is CCC/C=C\C/C=C\CCCCCCCC(=O)OCC(COC(=O)CCCCCCCCCCCCCCCCC)OC(=O)CCCCCCCCCCCCCCCCC. The van der Waals surface area contributed by atoms with Gasteiger partial charge in [-0.05, 0) is 44.9 Å². The second-order valence-corrected chi connectivity index (χ2v) is 18.2. The second kappa shape index (κ2) is 50.5. The minimum Gasteiger partial charge on any atom is -0.462 e. The van der Waals surface area contributed by atoms with Crippen LogP contribution in [0.5, 0.6) is 0 Å². The van der Waals surface area contributed by atoms with E-state index in [0.717, 1.165) is 83.5 Å². The normalized spacial score (nSPS) is 12.1. The Morgan fingerprint density at radius 1 is 0.328 bits per heavy atom. The molecule has 6 heteroatoms. The molecule has 0 aliphatic carbocycles. The second-order valence-electron chi connectivity index (χ2n) is 18.2. The summed E-state index contributed by atoms with van der Waals surface area (Å²) in [6.45, 7) is 6.60. The molecule has 1 unspecified atom stereocenters. The van der Waals surface area contributed by atoms with Crippen molar-refractivity contribution >= 4 is 17.9 Å². The van der Waals surface area contributed by atoms with Crippen molar-refractivity contribution in [2.45, 2.75) is 297 Å². The topological polar surface area (TPSA) is 78.9 Å². The molecule has 358 valence electrons. The Hall–Kier alpha value is -2.11. The Balaban J connectivity index is 4.34. The van der Waals surface area contributed by atoms with Gasteiger partial charge in [0.25, 0.3) is 0 Å². The molecule has 61 heavy (non-hydrogen) atoms. The van der Waals surface area contributed by atoms with Crippen LogP contribution >= 0.6 is 0 Å². The average molecular weight is 859 g/mol. The number of unbranched alkanes of at least 4 members (excludes halogenated alkanes) is 34. The summed E-state index contributed by atoms with van der Waals surface area (Å²) in [7, 11) is 0. The van der Waals surface area contributed by atoms with Crippen molar-refractivity contribution in [2.24, 2.45) is 0 Å². The van der Waals surface area contributed by atoms with E-state index < -0.39 is 6.10 Å². The highest BCUT2D eigenvalue weighted by Crippen LogP contribution is 2.16. The Kier molecular flexibility index (Phi) is 48.8. The van der Waals surface area contributed by atoms with Crippen LogP contribution in [-0.4, -0.2) is 37.2 Å². The Labute approximate surface area is 379 Å². The molecule has 0 heterocycles. The molecule has 0 spiro atoms. The van der Waals surface area contributed by atoms with Gasteiger partial charge in [-0.2, -0.15) is 0 Å². The van der Waals surface area contributed by atoms with E-state index in [4.69, 9.17) is 14.2 Å². The van der Waals surface area contributed by atoms with Crippen LogP contribution < -0.4 is 0 Å². The predicted octanol–water partition coefficient (Wildman–Crippen LogP) is 17.5. The van der Waals surface area contributed by atoms with Crippen molar-refractivity contribution in [1.29, 1.82) is 0 Å². The Morgan fingerprint density at radius 3 is 0.967 bits per heavy atom. The molecule has 0 rings (SSSR count). The first-order chi connectivity index (χ1) is 30.0. The van der Waals surface area contributed by atoms with E-state index >= 15 is 0 Å². The van der Waals surface area contributed by atoms with Gasteiger partial charge in [-0.25, -0.2) is 0 Å². The summed E-state index contributed by atoms with van der Waals surface area (Å²) in [5.74, 6) is -0.868. The van der Waals surface area contributed by atoms with Crippen LogP contribution in [0.4, 0.5) is 0 Å². The number of esters is 3. The van der Waals surface area contributed by atoms with Gasteiger partial charge in [0.15, 0.2) is 6.10 Å². The molecular formula is C55H102O6. The Bertz CT molecular complexity index is 989. The van der Waals surface area contributed by atoms with Crippen molar-refractivity contribution in [3.05, 3.63) is 24.3 Å². The first kappa shape index (κ1) is 58.9. The van der Waals surface area contributed by atoms with Crippen molar-refractivity contribution < 1.29 is 28.6 Å². The van der Waals surface area contributed by atoms with Crippen molar-refractivity contribution in [1.82, 2.24) is 0 Å². The third kappa shape index (κ3) is 48.8. The summed E-state index contributed by atoms with van der Waals surface area (Å²) in [6, 6.07) is 0. The van der Waals surface area contributed by atoms with Gasteiger partial charge in [0.05, 0.1) is 0 Å². The molecule has 0 aliphatic heterocycles. The van der Waals surface area contributed by atoms with Crippen molar-refractivity contribution in [3.8, 4) is 0 Å². The first-order valence-electron chi connectivity index (χ1n) is 26.8. The van der Waals surface area contributed by atoms with Gasteiger partial charge in [0, 0.05) is 19.3 Å². The molecule has 0 aliphatic rings. The minimum atomic E-state index is -0.770. The summed E-state index contributed by atoms with van der Waals surface area (Å²) >= 11 is 0. The lowest BCUT2D eigenvalue weighted by molar-refractivity contribution is -0.167. The van der Waals surface area contributed by atoms with Crippen LogP contribution in [0.25, 0.3) is 0 Å². The quantitative estimate of drug-likeness (QED) is 0.0262. The van der Waals surface area contributed by atoms with Gasteiger partial charge >= 0.3 is 17.9 Å². The summed E-state index contributed by atoms with van der Waals surface area (Å²) < 4.78 is 16.8. The van der Waals surface area contributed by atoms with Gasteiger partial charge < -0.3 is 14.2 Å². The zero-order valence-corrected chi connectivity index (χ0v) is 40.9. The van der Waals surface area contributed by atoms with Crippen LogP contribution in [-0.2, 0) is 28.6 Å². The van der Waals surface area contributed by atoms with Gasteiger partial charge in [-0.3, -0.25) is 14.4 Å². The first-order valence-corrected chi connectivity index (χ1v) is 26.8. The van der Waals surface area contributed by atoms with Crippen LogP contribution in [0.15, 0.2) is 24.3 Å². The standard InChI is InChI=1S/C55H102O6/c1-4-7-10-13-16-19-22-25-27-30-33-36-39-42-45-48-54(57)60-51-52(50-59-53(56)47-44-41-38-35-32-29-24-21-18-15-12-9-6-3)61-55(58)49-46-43-40-37-34-31-28-26-23-20-17-14-11-8-5-2/h12,15,21,24,52H,4-11,13-14,16-20,22-23,25-51H2,1-3H3/b15-12-,24-21-. The maximum Gasteiger partial charge on any atom is 0.306 e. The number of carbonyl (C=O) groups is 3. The molecule has 0 aromatic heterocycles. The molecule has 0 radical (unpaired) electrons. The lowest BCUT2D eigenvalue weighted by Crippen LogP contribution is -2.30. The lowest BCUT2D eigenvalue weighted by atomic mass is 10.0. The maximum atomic E-state index is 12.8. The van der Waals surface area contributed by atoms with E-state index in [-0.39, 0.29) is 31.1 Å². The molecule has 0 saturated carbocycles. The number of hydrogen-bond donors (Lipinski definition) is 0. The molecule has 6 nitrogen and oxygen atoms in total. The Morgan fingerprint density at radius 2 is 0.623 bits per heavy atom. The van der Waals surface area contributed by atoms with Crippen LogP contribution in [0.3, 0.4) is 0 Å². The van der Waals surface area contributed by atoms with E-state index in [2.05, 4.69) is 45.1 Å². The van der Waals surface area contributed by atoms with Crippen LogP contribution in [0.1, 0.15) is 290 Å². The molecular weight excluding hydrogens is 757 g/mol. The van der Waals surface area contributed by atoms with E-state index in [1.54, 1.807) is 0 Å².